The highest BCUT2D eigenvalue weighted by Gasteiger charge is 2.30. The van der Waals surface area contributed by atoms with E-state index in [9.17, 15) is 22.8 Å². The number of alkyl halides is 3. The van der Waals surface area contributed by atoms with Crippen molar-refractivity contribution in [3.8, 4) is 0 Å². The van der Waals surface area contributed by atoms with Crippen molar-refractivity contribution in [3.05, 3.63) is 29.8 Å². The van der Waals surface area contributed by atoms with Gasteiger partial charge in [0.2, 0.25) is 5.91 Å². The van der Waals surface area contributed by atoms with Crippen LogP contribution in [0.4, 0.5) is 23.7 Å². The van der Waals surface area contributed by atoms with Crippen LogP contribution in [0.3, 0.4) is 0 Å². The summed E-state index contributed by atoms with van der Waals surface area (Å²) < 4.78 is 42.6. The second kappa shape index (κ2) is 8.39. The van der Waals surface area contributed by atoms with Gasteiger partial charge in [0.1, 0.15) is 0 Å². The van der Waals surface area contributed by atoms with Crippen molar-refractivity contribution in [2.75, 3.05) is 38.1 Å². The molecule has 0 spiro atoms. The molecule has 0 radical (unpaired) electrons. The van der Waals surface area contributed by atoms with Gasteiger partial charge in [0.05, 0.1) is 18.2 Å². The molecule has 1 fully saturated rings. The lowest BCUT2D eigenvalue weighted by molar-refractivity contribution is -0.137. The van der Waals surface area contributed by atoms with E-state index in [2.05, 4.69) is 5.32 Å². The van der Waals surface area contributed by atoms with Gasteiger partial charge in [0.25, 0.3) is 0 Å². The van der Waals surface area contributed by atoms with E-state index in [0.29, 0.717) is 38.5 Å². The summed E-state index contributed by atoms with van der Waals surface area (Å²) in [7, 11) is 0. The average Bonchev–Trinajstić information content (AvgIpc) is 2.61. The summed E-state index contributed by atoms with van der Waals surface area (Å²) in [5, 5.41) is 2.62. The largest absolute Gasteiger partial charge is 0.450 e. The summed E-state index contributed by atoms with van der Waals surface area (Å²) in [5.74, 6) is -0.311. The second-order valence-corrected chi connectivity index (χ2v) is 5.96. The van der Waals surface area contributed by atoms with Gasteiger partial charge in [-0.25, -0.2) is 4.79 Å². The molecule has 0 saturated carbocycles. The van der Waals surface area contributed by atoms with Crippen LogP contribution in [0.15, 0.2) is 24.3 Å². The van der Waals surface area contributed by atoms with Crippen LogP contribution in [-0.2, 0) is 15.7 Å². The lowest BCUT2D eigenvalue weighted by Gasteiger charge is -2.36. The Morgan fingerprint density at radius 3 is 2.23 bits per heavy atom. The average molecular weight is 373 g/mol. The second-order valence-electron chi connectivity index (χ2n) is 5.96. The predicted octanol–water partition coefficient (Wildman–Crippen LogP) is 2.81. The quantitative estimate of drug-likeness (QED) is 0.882. The van der Waals surface area contributed by atoms with Gasteiger partial charge < -0.3 is 15.0 Å². The van der Waals surface area contributed by atoms with Crippen molar-refractivity contribution in [3.63, 3.8) is 0 Å². The number of hydrogen-bond acceptors (Lipinski definition) is 4. The van der Waals surface area contributed by atoms with Crippen LogP contribution in [0, 0.1) is 0 Å². The maximum atomic E-state index is 12.6. The van der Waals surface area contributed by atoms with E-state index in [1.165, 1.54) is 12.1 Å². The van der Waals surface area contributed by atoms with Gasteiger partial charge in [-0.15, -0.1) is 0 Å². The van der Waals surface area contributed by atoms with E-state index in [-0.39, 0.29) is 12.0 Å². The first-order valence-electron chi connectivity index (χ1n) is 8.36. The van der Waals surface area contributed by atoms with Crippen LogP contribution in [0.5, 0.6) is 0 Å². The van der Waals surface area contributed by atoms with Crippen molar-refractivity contribution >= 4 is 17.7 Å². The van der Waals surface area contributed by atoms with Crippen LogP contribution < -0.4 is 5.32 Å². The van der Waals surface area contributed by atoms with Crippen LogP contribution in [0.1, 0.15) is 19.4 Å². The Labute approximate surface area is 149 Å². The molecular weight excluding hydrogens is 351 g/mol. The van der Waals surface area contributed by atoms with Crippen LogP contribution >= 0.6 is 0 Å². The van der Waals surface area contributed by atoms with Gasteiger partial charge in [-0.2, -0.15) is 13.2 Å². The normalized spacial score (nSPS) is 16.9. The van der Waals surface area contributed by atoms with Crippen LogP contribution in [-0.4, -0.2) is 60.6 Å². The lowest BCUT2D eigenvalue weighted by Crippen LogP contribution is -2.54. The maximum Gasteiger partial charge on any atom is 0.416 e. The van der Waals surface area contributed by atoms with Gasteiger partial charge in [0.15, 0.2) is 0 Å². The van der Waals surface area contributed by atoms with E-state index in [4.69, 9.17) is 4.74 Å². The molecule has 1 aromatic rings. The van der Waals surface area contributed by atoms with Crippen molar-refractivity contribution < 1.29 is 27.5 Å². The molecule has 1 atom stereocenters. The number of rotatable bonds is 4. The van der Waals surface area contributed by atoms with Crippen LogP contribution in [0.25, 0.3) is 0 Å². The predicted molar refractivity (Wildman–Crippen MR) is 89.7 cm³/mol. The topological polar surface area (TPSA) is 61.9 Å². The monoisotopic (exact) mass is 373 g/mol. The molecule has 0 bridgehead atoms. The molecule has 1 aliphatic heterocycles. The number of piperazine rings is 1. The van der Waals surface area contributed by atoms with E-state index < -0.39 is 17.8 Å². The van der Waals surface area contributed by atoms with Gasteiger partial charge in [-0.3, -0.25) is 9.69 Å². The fourth-order valence-corrected chi connectivity index (χ4v) is 2.66. The minimum atomic E-state index is -4.41. The lowest BCUT2D eigenvalue weighted by atomic mass is 10.2. The molecule has 0 aromatic heterocycles. The van der Waals surface area contributed by atoms with Crippen molar-refractivity contribution in [2.24, 2.45) is 0 Å². The Morgan fingerprint density at radius 1 is 1.15 bits per heavy atom. The van der Waals surface area contributed by atoms with Gasteiger partial charge >= 0.3 is 12.3 Å². The Kier molecular flexibility index (Phi) is 6.47. The van der Waals surface area contributed by atoms with Crippen molar-refractivity contribution in [1.82, 2.24) is 9.80 Å². The fraction of sp³-hybridized carbons (Fsp3) is 0.529. The maximum absolute atomic E-state index is 12.6. The number of carbonyl (C=O) groups excluding carboxylic acids is 2. The standard InChI is InChI=1S/C17H22F3N3O3/c1-3-26-16(25)23-10-8-22(9-11-23)12(2)15(24)21-14-6-4-13(5-7-14)17(18,19)20/h4-7,12H,3,8-11H2,1-2H3,(H,21,24). The molecule has 2 amide bonds. The number of nitrogens with zero attached hydrogens (tertiary/aromatic N) is 2. The number of benzene rings is 1. The first kappa shape index (κ1) is 20.0. The first-order valence-corrected chi connectivity index (χ1v) is 8.36. The number of anilines is 1. The third kappa shape index (κ3) is 5.10. The van der Waals surface area contributed by atoms with E-state index in [1.54, 1.807) is 18.7 Å². The molecule has 144 valence electrons. The number of nitrogens with one attached hydrogen (secondary N) is 1. The summed E-state index contributed by atoms with van der Waals surface area (Å²) in [6, 6.07) is 3.84. The van der Waals surface area contributed by atoms with E-state index >= 15 is 0 Å². The molecule has 0 aliphatic carbocycles. The third-order valence-corrected chi connectivity index (χ3v) is 4.25. The van der Waals surface area contributed by atoms with E-state index in [0.717, 1.165) is 12.1 Å². The molecule has 1 heterocycles. The summed E-state index contributed by atoms with van der Waals surface area (Å²) in [4.78, 5) is 27.5. The highest BCUT2D eigenvalue weighted by atomic mass is 19.4. The van der Waals surface area contributed by atoms with Gasteiger partial charge in [-0.05, 0) is 38.1 Å². The summed E-state index contributed by atoms with van der Waals surface area (Å²) in [5.41, 5.74) is -0.460. The zero-order chi connectivity index (χ0) is 19.3. The summed E-state index contributed by atoms with van der Waals surface area (Å²) in [6.07, 6.45) is -4.77. The molecule has 6 nitrogen and oxygen atoms in total. The van der Waals surface area contributed by atoms with Crippen molar-refractivity contribution in [2.45, 2.75) is 26.1 Å². The van der Waals surface area contributed by atoms with Gasteiger partial charge in [0, 0.05) is 31.9 Å². The fourth-order valence-electron chi connectivity index (χ4n) is 2.66. The Hall–Kier alpha value is -2.29. The molecule has 9 heteroatoms. The number of ether oxygens (including phenoxy) is 1. The highest BCUT2D eigenvalue weighted by molar-refractivity contribution is 5.94. The molecular formula is C17H22F3N3O3. The molecule has 1 aliphatic rings. The van der Waals surface area contributed by atoms with E-state index in [1.807, 2.05) is 4.90 Å². The van der Waals surface area contributed by atoms with Crippen LogP contribution in [0.2, 0.25) is 0 Å². The first-order chi connectivity index (χ1) is 12.2. The smallest absolute Gasteiger partial charge is 0.416 e. The summed E-state index contributed by atoms with van der Waals surface area (Å²) in [6.45, 7) is 5.71. The Balaban J connectivity index is 1.87. The molecule has 1 N–H and O–H groups in total. The molecule has 1 saturated heterocycles. The molecule has 1 aromatic carbocycles. The number of carbonyl (C=O) groups is 2. The number of hydrogen-bond donors (Lipinski definition) is 1. The van der Waals surface area contributed by atoms with Gasteiger partial charge in [-0.1, -0.05) is 0 Å². The highest BCUT2D eigenvalue weighted by Crippen LogP contribution is 2.29. The molecule has 2 rings (SSSR count). The summed E-state index contributed by atoms with van der Waals surface area (Å²) >= 11 is 0. The Bertz CT molecular complexity index is 626. The minimum Gasteiger partial charge on any atom is -0.450 e. The molecule has 26 heavy (non-hydrogen) atoms. The van der Waals surface area contributed by atoms with Crippen molar-refractivity contribution in [1.29, 1.82) is 0 Å². The SMILES string of the molecule is CCOC(=O)N1CCN(C(C)C(=O)Nc2ccc(C(F)(F)F)cc2)CC1. The number of amides is 2. The zero-order valence-corrected chi connectivity index (χ0v) is 14.7. The third-order valence-electron chi connectivity index (χ3n) is 4.25. The number of halogens is 3. The molecule has 1 unspecified atom stereocenters. The Morgan fingerprint density at radius 2 is 1.73 bits per heavy atom. The minimum absolute atomic E-state index is 0.306. The zero-order valence-electron chi connectivity index (χ0n) is 14.7.